The highest BCUT2D eigenvalue weighted by atomic mass is 35.5. The average molecular weight is 268 g/mol. The van der Waals surface area contributed by atoms with Crippen molar-refractivity contribution in [2.24, 2.45) is 7.05 Å². The molecule has 0 aliphatic heterocycles. The lowest BCUT2D eigenvalue weighted by Gasteiger charge is -2.08. The van der Waals surface area contributed by atoms with Crippen LogP contribution in [0.4, 0.5) is 5.95 Å². The Morgan fingerprint density at radius 1 is 1.28 bits per heavy atom. The molecule has 0 atom stereocenters. The third-order valence-corrected chi connectivity index (χ3v) is 3.16. The molecule has 0 fully saturated rings. The third-order valence-electron chi connectivity index (χ3n) is 2.72. The fourth-order valence-electron chi connectivity index (χ4n) is 1.66. The average Bonchev–Trinajstić information content (AvgIpc) is 2.65. The second-order valence-electron chi connectivity index (χ2n) is 3.73. The van der Waals surface area contributed by atoms with E-state index >= 15 is 0 Å². The number of nitrogen functional groups attached to an aromatic ring is 1. The smallest absolute Gasteiger partial charge is 0.201 e. The molecule has 18 heavy (non-hydrogen) atoms. The second kappa shape index (κ2) is 4.78. The van der Waals surface area contributed by atoms with Gasteiger partial charge in [-0.1, -0.05) is 11.6 Å². The predicted octanol–water partition coefficient (Wildman–Crippen LogP) is 2.34. The molecule has 0 radical (unpaired) electrons. The first-order valence-corrected chi connectivity index (χ1v) is 5.66. The van der Waals surface area contributed by atoms with E-state index < -0.39 is 0 Å². The summed E-state index contributed by atoms with van der Waals surface area (Å²) in [5, 5.41) is 0.468. The summed E-state index contributed by atoms with van der Waals surface area (Å²) in [6, 6.07) is 5.43. The lowest BCUT2D eigenvalue weighted by molar-refractivity contribution is 0.395. The van der Waals surface area contributed by atoms with Crippen LogP contribution in [0.2, 0.25) is 5.15 Å². The van der Waals surface area contributed by atoms with Crippen molar-refractivity contribution in [3.05, 3.63) is 23.4 Å². The van der Waals surface area contributed by atoms with Crippen molar-refractivity contribution in [3.8, 4) is 22.8 Å². The van der Waals surface area contributed by atoms with Crippen molar-refractivity contribution in [3.63, 3.8) is 0 Å². The lowest BCUT2D eigenvalue weighted by atomic mass is 10.1. The quantitative estimate of drug-likeness (QED) is 0.927. The number of ether oxygens (including phenoxy) is 2. The van der Waals surface area contributed by atoms with Gasteiger partial charge in [-0.15, -0.1) is 0 Å². The maximum absolute atomic E-state index is 6.18. The first-order valence-electron chi connectivity index (χ1n) is 5.28. The summed E-state index contributed by atoms with van der Waals surface area (Å²) in [5.41, 5.74) is 7.10. The lowest BCUT2D eigenvalue weighted by Crippen LogP contribution is -1.96. The standard InChI is InChI=1S/C12H14ClN3O2/c1-16-11(13)10(15-12(16)14)8-5-4-7(17-2)6-9(8)18-3/h4-6H,1-3H3,(H2,14,15). The molecule has 1 heterocycles. The Morgan fingerprint density at radius 3 is 2.50 bits per heavy atom. The van der Waals surface area contributed by atoms with E-state index in [9.17, 15) is 0 Å². The molecule has 2 aromatic rings. The number of nitrogens with two attached hydrogens (primary N) is 1. The van der Waals surface area contributed by atoms with Crippen LogP contribution in [-0.4, -0.2) is 23.8 Å². The van der Waals surface area contributed by atoms with Gasteiger partial charge >= 0.3 is 0 Å². The van der Waals surface area contributed by atoms with E-state index in [1.807, 2.05) is 12.1 Å². The second-order valence-corrected chi connectivity index (χ2v) is 4.09. The Kier molecular flexibility index (Phi) is 3.34. The normalized spacial score (nSPS) is 10.4. The molecular weight excluding hydrogens is 254 g/mol. The Morgan fingerprint density at radius 2 is 2.00 bits per heavy atom. The van der Waals surface area contributed by atoms with E-state index in [2.05, 4.69) is 4.98 Å². The summed E-state index contributed by atoms with van der Waals surface area (Å²) in [6.07, 6.45) is 0. The van der Waals surface area contributed by atoms with Crippen LogP contribution in [-0.2, 0) is 7.05 Å². The van der Waals surface area contributed by atoms with E-state index in [1.54, 1.807) is 31.9 Å². The van der Waals surface area contributed by atoms with Crippen LogP contribution < -0.4 is 15.2 Å². The van der Waals surface area contributed by atoms with E-state index in [1.165, 1.54) is 0 Å². The monoisotopic (exact) mass is 267 g/mol. The number of methoxy groups -OCH3 is 2. The number of benzene rings is 1. The van der Waals surface area contributed by atoms with Gasteiger partial charge in [-0.05, 0) is 12.1 Å². The number of imidazole rings is 1. The summed E-state index contributed by atoms with van der Waals surface area (Å²) in [4.78, 5) is 4.23. The van der Waals surface area contributed by atoms with Gasteiger partial charge in [0.2, 0.25) is 5.95 Å². The zero-order chi connectivity index (χ0) is 13.3. The number of halogens is 1. The van der Waals surface area contributed by atoms with Crippen LogP contribution in [0, 0.1) is 0 Å². The van der Waals surface area contributed by atoms with Crippen LogP contribution >= 0.6 is 11.6 Å². The van der Waals surface area contributed by atoms with Gasteiger partial charge in [0.25, 0.3) is 0 Å². The zero-order valence-corrected chi connectivity index (χ0v) is 11.2. The maximum Gasteiger partial charge on any atom is 0.201 e. The highest BCUT2D eigenvalue weighted by molar-refractivity contribution is 6.32. The zero-order valence-electron chi connectivity index (χ0n) is 10.4. The molecule has 96 valence electrons. The largest absolute Gasteiger partial charge is 0.497 e. The van der Waals surface area contributed by atoms with Crippen LogP contribution in [0.5, 0.6) is 11.5 Å². The van der Waals surface area contributed by atoms with E-state index in [4.69, 9.17) is 26.8 Å². The first kappa shape index (κ1) is 12.6. The van der Waals surface area contributed by atoms with Crippen molar-refractivity contribution in [2.45, 2.75) is 0 Å². The minimum Gasteiger partial charge on any atom is -0.497 e. The minimum atomic E-state index is 0.355. The fourth-order valence-corrected chi connectivity index (χ4v) is 1.89. The maximum atomic E-state index is 6.18. The van der Waals surface area contributed by atoms with Gasteiger partial charge in [0.15, 0.2) is 0 Å². The molecule has 0 aliphatic carbocycles. The molecule has 0 unspecified atom stereocenters. The molecule has 1 aromatic carbocycles. The highest BCUT2D eigenvalue weighted by Crippen LogP contribution is 2.36. The number of anilines is 1. The molecule has 0 saturated heterocycles. The van der Waals surface area contributed by atoms with Crippen molar-refractivity contribution < 1.29 is 9.47 Å². The van der Waals surface area contributed by atoms with Crippen LogP contribution in [0.3, 0.4) is 0 Å². The Balaban J connectivity index is 2.59. The first-order chi connectivity index (χ1) is 8.58. The van der Waals surface area contributed by atoms with E-state index in [-0.39, 0.29) is 0 Å². The molecule has 0 saturated carbocycles. The number of rotatable bonds is 3. The van der Waals surface area contributed by atoms with Gasteiger partial charge in [0.1, 0.15) is 22.3 Å². The van der Waals surface area contributed by atoms with E-state index in [0.717, 1.165) is 5.56 Å². The Hall–Kier alpha value is -1.88. The number of hydrogen-bond acceptors (Lipinski definition) is 4. The molecule has 2 rings (SSSR count). The van der Waals surface area contributed by atoms with Crippen LogP contribution in [0.15, 0.2) is 18.2 Å². The summed E-state index contributed by atoms with van der Waals surface area (Å²) in [7, 11) is 4.93. The summed E-state index contributed by atoms with van der Waals surface area (Å²) < 4.78 is 12.1. The van der Waals surface area contributed by atoms with Gasteiger partial charge in [0, 0.05) is 18.7 Å². The van der Waals surface area contributed by atoms with Crippen molar-refractivity contribution in [1.82, 2.24) is 9.55 Å². The minimum absolute atomic E-state index is 0.355. The van der Waals surface area contributed by atoms with Crippen LogP contribution in [0.25, 0.3) is 11.3 Å². The van der Waals surface area contributed by atoms with Crippen molar-refractivity contribution in [1.29, 1.82) is 0 Å². The molecule has 0 aliphatic rings. The Labute approximate surface area is 110 Å². The molecule has 1 aromatic heterocycles. The number of hydrogen-bond donors (Lipinski definition) is 1. The number of nitrogens with zero attached hydrogens (tertiary/aromatic N) is 2. The van der Waals surface area contributed by atoms with Gasteiger partial charge < -0.3 is 19.8 Å². The number of aromatic nitrogens is 2. The molecule has 5 nitrogen and oxygen atoms in total. The Bertz CT molecular complexity index is 581. The molecule has 0 bridgehead atoms. The summed E-state index contributed by atoms with van der Waals surface area (Å²) in [5.74, 6) is 1.69. The predicted molar refractivity (Wildman–Crippen MR) is 71.2 cm³/mol. The van der Waals surface area contributed by atoms with Crippen LogP contribution in [0.1, 0.15) is 0 Å². The van der Waals surface area contributed by atoms with Gasteiger partial charge in [0.05, 0.1) is 14.2 Å². The van der Waals surface area contributed by atoms with Gasteiger partial charge in [-0.2, -0.15) is 0 Å². The molecule has 6 heteroatoms. The fraction of sp³-hybridized carbons (Fsp3) is 0.250. The van der Waals surface area contributed by atoms with Crippen molar-refractivity contribution in [2.75, 3.05) is 20.0 Å². The van der Waals surface area contributed by atoms with Gasteiger partial charge in [-0.25, -0.2) is 4.98 Å². The molecule has 2 N–H and O–H groups in total. The summed E-state index contributed by atoms with van der Waals surface area (Å²) in [6.45, 7) is 0. The van der Waals surface area contributed by atoms with Crippen molar-refractivity contribution >= 4 is 17.5 Å². The molecule has 0 spiro atoms. The van der Waals surface area contributed by atoms with Gasteiger partial charge in [-0.3, -0.25) is 0 Å². The third kappa shape index (κ3) is 1.97. The highest BCUT2D eigenvalue weighted by Gasteiger charge is 2.17. The molecular formula is C12H14ClN3O2. The summed E-state index contributed by atoms with van der Waals surface area (Å²) >= 11 is 6.18. The topological polar surface area (TPSA) is 62.3 Å². The molecule has 0 amide bonds. The SMILES string of the molecule is COc1ccc(-c2nc(N)n(C)c2Cl)c(OC)c1. The van der Waals surface area contributed by atoms with E-state index in [0.29, 0.717) is 28.3 Å².